The lowest BCUT2D eigenvalue weighted by molar-refractivity contribution is -0.383. The van der Waals surface area contributed by atoms with Gasteiger partial charge in [-0.05, 0) is 41.6 Å². The molecule has 0 saturated heterocycles. The maximum absolute atomic E-state index is 12.2. The number of carbonyl (C=O) groups is 1. The van der Waals surface area contributed by atoms with Gasteiger partial charge < -0.3 is 5.32 Å². The van der Waals surface area contributed by atoms with Gasteiger partial charge >= 0.3 is 0 Å². The molecule has 0 aliphatic heterocycles. The predicted octanol–water partition coefficient (Wildman–Crippen LogP) is 3.26. The van der Waals surface area contributed by atoms with Crippen LogP contribution in [0.4, 0.5) is 11.4 Å². The van der Waals surface area contributed by atoms with Crippen LogP contribution >= 0.6 is 23.4 Å². The van der Waals surface area contributed by atoms with E-state index in [0.717, 1.165) is 23.0 Å². The number of hydrogen-bond donors (Lipinski definition) is 1. The largest absolute Gasteiger partial charge is 0.320 e. The first-order valence-corrected chi connectivity index (χ1v) is 9.02. The van der Waals surface area contributed by atoms with Crippen LogP contribution in [-0.4, -0.2) is 36.8 Å². The summed E-state index contributed by atoms with van der Waals surface area (Å²) in [6, 6.07) is 11.6. The lowest BCUT2D eigenvalue weighted by Crippen LogP contribution is -2.15. The Morgan fingerprint density at radius 3 is 2.74 bits per heavy atom. The Morgan fingerprint density at radius 2 is 2.04 bits per heavy atom. The van der Waals surface area contributed by atoms with Crippen LogP contribution in [0.1, 0.15) is 5.56 Å². The first-order valence-electron chi connectivity index (χ1n) is 7.66. The Morgan fingerprint density at radius 1 is 1.30 bits per heavy atom. The minimum Gasteiger partial charge on any atom is -0.320 e. The van der Waals surface area contributed by atoms with E-state index >= 15 is 0 Å². The van der Waals surface area contributed by atoms with Gasteiger partial charge in [0.25, 0.3) is 5.69 Å². The second-order valence-corrected chi connectivity index (χ2v) is 6.84. The minimum atomic E-state index is -0.605. The van der Waals surface area contributed by atoms with Crippen LogP contribution in [0.2, 0.25) is 5.02 Å². The molecular weight excluding hydrogens is 392 g/mol. The van der Waals surface area contributed by atoms with Crippen molar-refractivity contribution in [2.45, 2.75) is 12.1 Å². The molecule has 0 spiro atoms. The second-order valence-electron chi connectivity index (χ2n) is 5.46. The number of carbonyl (C=O) groups excluding carboxylic acids is 1. The fraction of sp³-hybridized carbons (Fsp3) is 0.125. The quantitative estimate of drug-likeness (QED) is 0.380. The molecule has 1 heterocycles. The normalized spacial score (nSPS) is 10.6. The average Bonchev–Trinajstić information content (AvgIpc) is 3.10. The Bertz CT molecular complexity index is 992. The number of tetrazole rings is 1. The molecular formula is C16H13ClN6O3S. The molecule has 0 aliphatic rings. The lowest BCUT2D eigenvalue weighted by atomic mass is 10.2. The summed E-state index contributed by atoms with van der Waals surface area (Å²) in [5.41, 5.74) is 1.67. The zero-order valence-corrected chi connectivity index (χ0v) is 15.6. The molecule has 1 amide bonds. The van der Waals surface area contributed by atoms with E-state index in [0.29, 0.717) is 5.16 Å². The van der Waals surface area contributed by atoms with E-state index in [9.17, 15) is 14.9 Å². The molecule has 3 rings (SSSR count). The molecule has 27 heavy (non-hydrogen) atoms. The van der Waals surface area contributed by atoms with Gasteiger partial charge in [0.2, 0.25) is 11.1 Å². The Hall–Kier alpha value is -2.98. The van der Waals surface area contributed by atoms with E-state index in [1.54, 1.807) is 0 Å². The Labute approximate surface area is 162 Å². The molecule has 0 unspecified atom stereocenters. The number of nitro groups is 1. The van der Waals surface area contributed by atoms with E-state index < -0.39 is 10.8 Å². The van der Waals surface area contributed by atoms with E-state index in [-0.39, 0.29) is 22.2 Å². The van der Waals surface area contributed by atoms with Gasteiger partial charge in [-0.3, -0.25) is 14.9 Å². The zero-order valence-electron chi connectivity index (χ0n) is 14.0. The second kappa shape index (κ2) is 8.14. The highest BCUT2D eigenvalue weighted by molar-refractivity contribution is 7.99. The Kier molecular flexibility index (Phi) is 5.67. The van der Waals surface area contributed by atoms with Gasteiger partial charge in [0.1, 0.15) is 5.69 Å². The van der Waals surface area contributed by atoms with Gasteiger partial charge in [0.05, 0.1) is 16.4 Å². The van der Waals surface area contributed by atoms with Crippen LogP contribution in [0.25, 0.3) is 5.69 Å². The van der Waals surface area contributed by atoms with Gasteiger partial charge in [-0.15, -0.1) is 5.10 Å². The molecule has 0 aliphatic carbocycles. The van der Waals surface area contributed by atoms with E-state index in [1.165, 1.54) is 22.9 Å². The zero-order chi connectivity index (χ0) is 19.4. The molecule has 0 fully saturated rings. The number of nitro benzene ring substituents is 1. The molecule has 3 aromatic rings. The van der Waals surface area contributed by atoms with E-state index in [4.69, 9.17) is 11.6 Å². The molecule has 0 saturated carbocycles. The summed E-state index contributed by atoms with van der Waals surface area (Å²) in [6.07, 6.45) is 0. The number of benzene rings is 2. The van der Waals surface area contributed by atoms with E-state index in [1.807, 2.05) is 31.2 Å². The molecule has 2 aromatic carbocycles. The van der Waals surface area contributed by atoms with Crippen molar-refractivity contribution in [2.75, 3.05) is 11.1 Å². The van der Waals surface area contributed by atoms with Crippen molar-refractivity contribution in [1.29, 1.82) is 0 Å². The summed E-state index contributed by atoms with van der Waals surface area (Å²) in [5.74, 6) is -0.449. The van der Waals surface area contributed by atoms with Crippen molar-refractivity contribution in [3.8, 4) is 5.69 Å². The van der Waals surface area contributed by atoms with Crippen LogP contribution in [-0.2, 0) is 4.79 Å². The van der Waals surface area contributed by atoms with Gasteiger partial charge in [0.15, 0.2) is 0 Å². The summed E-state index contributed by atoms with van der Waals surface area (Å²) in [4.78, 5) is 22.7. The third-order valence-corrected chi connectivity index (χ3v) is 4.64. The van der Waals surface area contributed by atoms with Gasteiger partial charge in [-0.2, -0.15) is 4.68 Å². The van der Waals surface area contributed by atoms with Crippen LogP contribution < -0.4 is 5.32 Å². The molecule has 0 atom stereocenters. The highest BCUT2D eigenvalue weighted by atomic mass is 35.5. The first kappa shape index (κ1) is 18.8. The number of nitrogens with zero attached hydrogens (tertiary/aromatic N) is 5. The van der Waals surface area contributed by atoms with Crippen molar-refractivity contribution in [2.24, 2.45) is 0 Å². The highest BCUT2D eigenvalue weighted by Gasteiger charge is 2.17. The topological polar surface area (TPSA) is 116 Å². The number of amides is 1. The third kappa shape index (κ3) is 4.60. The monoisotopic (exact) mass is 404 g/mol. The van der Waals surface area contributed by atoms with Crippen molar-refractivity contribution < 1.29 is 9.72 Å². The van der Waals surface area contributed by atoms with Crippen molar-refractivity contribution in [3.05, 3.63) is 63.2 Å². The number of hydrogen-bond acceptors (Lipinski definition) is 7. The highest BCUT2D eigenvalue weighted by Crippen LogP contribution is 2.28. The predicted molar refractivity (Wildman–Crippen MR) is 101 cm³/mol. The summed E-state index contributed by atoms with van der Waals surface area (Å²) in [5, 5.41) is 25.7. The fourth-order valence-electron chi connectivity index (χ4n) is 2.19. The number of anilines is 1. The van der Waals surface area contributed by atoms with Crippen LogP contribution in [0.3, 0.4) is 0 Å². The average molecular weight is 405 g/mol. The summed E-state index contributed by atoms with van der Waals surface area (Å²) in [7, 11) is 0. The van der Waals surface area contributed by atoms with Crippen molar-refractivity contribution in [1.82, 2.24) is 20.2 Å². The number of rotatable bonds is 6. The van der Waals surface area contributed by atoms with Gasteiger partial charge in [0, 0.05) is 11.1 Å². The van der Waals surface area contributed by atoms with Gasteiger partial charge in [-0.1, -0.05) is 41.1 Å². The molecule has 0 bridgehead atoms. The van der Waals surface area contributed by atoms with Crippen LogP contribution in [0, 0.1) is 17.0 Å². The van der Waals surface area contributed by atoms with Crippen LogP contribution in [0.5, 0.6) is 0 Å². The Balaban J connectivity index is 1.68. The number of thioether (sulfide) groups is 1. The fourth-order valence-corrected chi connectivity index (χ4v) is 3.05. The number of nitrogens with one attached hydrogen (secondary N) is 1. The van der Waals surface area contributed by atoms with Crippen molar-refractivity contribution in [3.63, 3.8) is 0 Å². The SMILES string of the molecule is Cc1ccc(-n2nnnc2SCC(=O)Nc2ccc(Cl)cc2[N+](=O)[O-])cc1. The van der Waals surface area contributed by atoms with Crippen LogP contribution in [0.15, 0.2) is 47.6 Å². The number of halogens is 1. The molecule has 0 radical (unpaired) electrons. The number of aromatic nitrogens is 4. The number of aryl methyl sites for hydroxylation is 1. The summed E-state index contributed by atoms with van der Waals surface area (Å²) in [6.45, 7) is 1.97. The molecule has 1 aromatic heterocycles. The standard InChI is InChI=1S/C16H13ClN6O3S/c1-10-2-5-12(6-3-10)22-16(19-20-21-22)27-9-15(24)18-13-7-4-11(17)8-14(13)23(25)26/h2-8H,9H2,1H3,(H,18,24). The minimum absolute atomic E-state index is 0.0218. The maximum atomic E-state index is 12.2. The van der Waals surface area contributed by atoms with Crippen molar-refractivity contribution >= 4 is 40.6 Å². The maximum Gasteiger partial charge on any atom is 0.294 e. The third-order valence-electron chi connectivity index (χ3n) is 3.48. The molecule has 9 nitrogen and oxygen atoms in total. The molecule has 1 N–H and O–H groups in total. The first-order chi connectivity index (χ1) is 12.9. The summed E-state index contributed by atoms with van der Waals surface area (Å²) < 4.78 is 1.52. The molecule has 138 valence electrons. The summed E-state index contributed by atoms with van der Waals surface area (Å²) >= 11 is 6.88. The van der Waals surface area contributed by atoms with Gasteiger partial charge in [-0.25, -0.2) is 0 Å². The lowest BCUT2D eigenvalue weighted by Gasteiger charge is -2.07. The smallest absolute Gasteiger partial charge is 0.294 e. The molecule has 11 heteroatoms. The van der Waals surface area contributed by atoms with E-state index in [2.05, 4.69) is 20.8 Å².